The summed E-state index contributed by atoms with van der Waals surface area (Å²) in [6.45, 7) is 3.34. The lowest BCUT2D eigenvalue weighted by atomic mass is 9.97. The molecule has 0 aliphatic carbocycles. The van der Waals surface area contributed by atoms with Gasteiger partial charge in [-0.05, 0) is 50.1 Å². The lowest BCUT2D eigenvalue weighted by Crippen LogP contribution is -2.46. The Kier molecular flexibility index (Phi) is 7.08. The number of nitrogens with zero attached hydrogens (tertiary/aromatic N) is 1. The fourth-order valence-corrected chi connectivity index (χ4v) is 3.06. The van der Waals surface area contributed by atoms with E-state index in [-0.39, 0.29) is 43.1 Å². The predicted molar refractivity (Wildman–Crippen MR) is 95.8 cm³/mol. The van der Waals surface area contributed by atoms with E-state index >= 15 is 0 Å². The standard InChI is InChI=1S/C18H25FN4O3/c1-12-9-14(19)4-5-15(12)22-17(25)6-7-21-18(26)13-3-2-8-23(10-13)11-16(20)24/h4-5,9,13H,2-3,6-8,10-11H2,1H3,(H2,20,24)(H,21,26)(H,22,25). The largest absolute Gasteiger partial charge is 0.369 e. The molecule has 26 heavy (non-hydrogen) atoms. The van der Waals surface area contributed by atoms with E-state index in [2.05, 4.69) is 10.6 Å². The number of benzene rings is 1. The topological polar surface area (TPSA) is 105 Å². The van der Waals surface area contributed by atoms with Crippen molar-refractivity contribution >= 4 is 23.4 Å². The molecule has 0 aromatic heterocycles. The van der Waals surface area contributed by atoms with Crippen molar-refractivity contribution in [2.24, 2.45) is 11.7 Å². The summed E-state index contributed by atoms with van der Waals surface area (Å²) in [5.74, 6) is -1.33. The summed E-state index contributed by atoms with van der Waals surface area (Å²) in [4.78, 5) is 37.1. The number of primary amides is 1. The number of likely N-dealkylation sites (tertiary alicyclic amines) is 1. The second-order valence-corrected chi connectivity index (χ2v) is 6.59. The molecule has 1 aliphatic rings. The van der Waals surface area contributed by atoms with Gasteiger partial charge in [0.2, 0.25) is 17.7 Å². The van der Waals surface area contributed by atoms with Crippen molar-refractivity contribution in [3.05, 3.63) is 29.6 Å². The maximum absolute atomic E-state index is 13.1. The quantitative estimate of drug-likeness (QED) is 0.665. The monoisotopic (exact) mass is 364 g/mol. The van der Waals surface area contributed by atoms with Crippen LogP contribution in [0, 0.1) is 18.7 Å². The molecule has 1 aromatic carbocycles. The molecule has 0 radical (unpaired) electrons. The van der Waals surface area contributed by atoms with E-state index in [4.69, 9.17) is 5.73 Å². The molecule has 0 bridgehead atoms. The van der Waals surface area contributed by atoms with Gasteiger partial charge in [-0.3, -0.25) is 19.3 Å². The lowest BCUT2D eigenvalue weighted by molar-refractivity contribution is -0.128. The third-order valence-corrected chi connectivity index (χ3v) is 4.37. The zero-order chi connectivity index (χ0) is 19.1. The smallest absolute Gasteiger partial charge is 0.231 e. The molecular formula is C18H25FN4O3. The SMILES string of the molecule is Cc1cc(F)ccc1NC(=O)CCNC(=O)C1CCCN(CC(N)=O)C1. The van der Waals surface area contributed by atoms with Gasteiger partial charge in [-0.1, -0.05) is 0 Å². The summed E-state index contributed by atoms with van der Waals surface area (Å²) in [5, 5.41) is 5.47. The molecule has 142 valence electrons. The molecule has 1 aliphatic heterocycles. The first-order valence-electron chi connectivity index (χ1n) is 8.69. The number of carbonyl (C=O) groups excluding carboxylic acids is 3. The summed E-state index contributed by atoms with van der Waals surface area (Å²) >= 11 is 0. The van der Waals surface area contributed by atoms with Crippen molar-refractivity contribution in [1.29, 1.82) is 0 Å². The minimum Gasteiger partial charge on any atom is -0.369 e. The van der Waals surface area contributed by atoms with Crippen molar-refractivity contribution in [3.8, 4) is 0 Å². The normalized spacial score (nSPS) is 17.5. The Hall–Kier alpha value is -2.48. The average molecular weight is 364 g/mol. The minimum atomic E-state index is -0.404. The highest BCUT2D eigenvalue weighted by atomic mass is 19.1. The number of anilines is 1. The number of nitrogens with one attached hydrogen (secondary N) is 2. The molecule has 2 rings (SSSR count). The Labute approximate surface area is 152 Å². The van der Waals surface area contributed by atoms with Crippen molar-refractivity contribution in [1.82, 2.24) is 10.2 Å². The molecule has 0 spiro atoms. The molecule has 1 atom stereocenters. The Balaban J connectivity index is 1.73. The molecule has 7 nitrogen and oxygen atoms in total. The first kappa shape index (κ1) is 19.8. The van der Waals surface area contributed by atoms with E-state index in [0.29, 0.717) is 17.8 Å². The van der Waals surface area contributed by atoms with Gasteiger partial charge in [-0.25, -0.2) is 4.39 Å². The summed E-state index contributed by atoms with van der Waals surface area (Å²) in [7, 11) is 0. The van der Waals surface area contributed by atoms with Gasteiger partial charge >= 0.3 is 0 Å². The second kappa shape index (κ2) is 9.28. The van der Waals surface area contributed by atoms with Crippen molar-refractivity contribution in [2.45, 2.75) is 26.2 Å². The van der Waals surface area contributed by atoms with Crippen molar-refractivity contribution < 1.29 is 18.8 Å². The third kappa shape index (κ3) is 6.11. The fraction of sp³-hybridized carbons (Fsp3) is 0.500. The lowest BCUT2D eigenvalue weighted by Gasteiger charge is -2.30. The predicted octanol–water partition coefficient (Wildman–Crippen LogP) is 0.776. The maximum atomic E-state index is 13.1. The number of aryl methyl sites for hydroxylation is 1. The van der Waals surface area contributed by atoms with Crippen LogP contribution in [0.2, 0.25) is 0 Å². The molecule has 1 unspecified atom stereocenters. The Morgan fingerprint density at radius 1 is 1.35 bits per heavy atom. The minimum absolute atomic E-state index is 0.120. The zero-order valence-corrected chi connectivity index (χ0v) is 14.9. The van der Waals surface area contributed by atoms with E-state index in [9.17, 15) is 18.8 Å². The average Bonchev–Trinajstić information content (AvgIpc) is 2.57. The van der Waals surface area contributed by atoms with Crippen LogP contribution in [-0.4, -0.2) is 48.8 Å². The molecule has 8 heteroatoms. The maximum Gasteiger partial charge on any atom is 0.231 e. The van der Waals surface area contributed by atoms with Crippen LogP contribution in [0.4, 0.5) is 10.1 Å². The highest BCUT2D eigenvalue weighted by Crippen LogP contribution is 2.17. The van der Waals surface area contributed by atoms with E-state index in [1.54, 1.807) is 6.92 Å². The molecular weight excluding hydrogens is 339 g/mol. The number of rotatable bonds is 7. The van der Waals surface area contributed by atoms with Crippen LogP contribution < -0.4 is 16.4 Å². The number of piperidine rings is 1. The van der Waals surface area contributed by atoms with E-state index in [1.165, 1.54) is 18.2 Å². The molecule has 1 heterocycles. The second-order valence-electron chi connectivity index (χ2n) is 6.59. The highest BCUT2D eigenvalue weighted by Gasteiger charge is 2.26. The Morgan fingerprint density at radius 2 is 2.12 bits per heavy atom. The van der Waals surface area contributed by atoms with Gasteiger partial charge in [0.25, 0.3) is 0 Å². The van der Waals surface area contributed by atoms with Crippen LogP contribution in [0.25, 0.3) is 0 Å². The number of hydrogen-bond acceptors (Lipinski definition) is 4. The van der Waals surface area contributed by atoms with Crippen LogP contribution in [0.5, 0.6) is 0 Å². The number of hydrogen-bond donors (Lipinski definition) is 3. The van der Waals surface area contributed by atoms with Gasteiger partial charge in [0.1, 0.15) is 5.82 Å². The van der Waals surface area contributed by atoms with Crippen LogP contribution in [0.15, 0.2) is 18.2 Å². The first-order chi connectivity index (χ1) is 12.3. The number of carbonyl (C=O) groups is 3. The summed E-state index contributed by atoms with van der Waals surface area (Å²) in [6, 6.07) is 4.14. The molecule has 1 aromatic rings. The van der Waals surface area contributed by atoms with Crippen LogP contribution in [-0.2, 0) is 14.4 Å². The van der Waals surface area contributed by atoms with Crippen molar-refractivity contribution in [2.75, 3.05) is 31.5 Å². The molecule has 3 amide bonds. The summed E-state index contributed by atoms with van der Waals surface area (Å²) < 4.78 is 13.1. The third-order valence-electron chi connectivity index (χ3n) is 4.37. The van der Waals surface area contributed by atoms with Gasteiger partial charge in [-0.15, -0.1) is 0 Å². The summed E-state index contributed by atoms with van der Waals surface area (Å²) in [6.07, 6.45) is 1.71. The first-order valence-corrected chi connectivity index (χ1v) is 8.69. The van der Waals surface area contributed by atoms with Crippen molar-refractivity contribution in [3.63, 3.8) is 0 Å². The van der Waals surface area contributed by atoms with Gasteiger partial charge in [0, 0.05) is 25.2 Å². The number of halogens is 1. The summed E-state index contributed by atoms with van der Waals surface area (Å²) in [5.41, 5.74) is 6.39. The molecule has 1 fully saturated rings. The van der Waals surface area contributed by atoms with E-state index < -0.39 is 5.91 Å². The zero-order valence-electron chi connectivity index (χ0n) is 14.9. The van der Waals surface area contributed by atoms with Gasteiger partial charge < -0.3 is 16.4 Å². The number of nitrogens with two attached hydrogens (primary N) is 1. The highest BCUT2D eigenvalue weighted by molar-refractivity contribution is 5.92. The van der Waals surface area contributed by atoms with E-state index in [0.717, 1.165) is 19.4 Å². The van der Waals surface area contributed by atoms with Crippen LogP contribution in [0.3, 0.4) is 0 Å². The molecule has 1 saturated heterocycles. The van der Waals surface area contributed by atoms with Gasteiger partial charge in [0.15, 0.2) is 0 Å². The van der Waals surface area contributed by atoms with Gasteiger partial charge in [0.05, 0.1) is 12.5 Å². The van der Waals surface area contributed by atoms with Crippen LogP contribution in [0.1, 0.15) is 24.8 Å². The molecule has 0 saturated carbocycles. The Morgan fingerprint density at radius 3 is 2.81 bits per heavy atom. The van der Waals surface area contributed by atoms with Crippen LogP contribution >= 0.6 is 0 Å². The fourth-order valence-electron chi connectivity index (χ4n) is 3.06. The van der Waals surface area contributed by atoms with E-state index in [1.807, 2.05) is 4.90 Å². The Bertz CT molecular complexity index is 680. The number of amides is 3. The molecule has 4 N–H and O–H groups in total. The van der Waals surface area contributed by atoms with Gasteiger partial charge in [-0.2, -0.15) is 0 Å².